The van der Waals surface area contributed by atoms with Crippen LogP contribution in [0.2, 0.25) is 0 Å². The summed E-state index contributed by atoms with van der Waals surface area (Å²) in [4.78, 5) is 24.3. The molecule has 26 heavy (non-hydrogen) atoms. The summed E-state index contributed by atoms with van der Waals surface area (Å²) < 4.78 is 10.7. The maximum atomic E-state index is 12.6. The van der Waals surface area contributed by atoms with Crippen LogP contribution in [0.25, 0.3) is 11.3 Å². The lowest BCUT2D eigenvalue weighted by Crippen LogP contribution is -2.26. The summed E-state index contributed by atoms with van der Waals surface area (Å²) in [7, 11) is 1.67. The summed E-state index contributed by atoms with van der Waals surface area (Å²) in [5.74, 6) is 1.05. The average molecular weight is 355 g/mol. The molecule has 0 unspecified atom stereocenters. The van der Waals surface area contributed by atoms with Crippen LogP contribution in [0.4, 0.5) is 5.69 Å². The van der Waals surface area contributed by atoms with E-state index in [-0.39, 0.29) is 17.4 Å². The molecule has 0 N–H and O–H groups in total. The molecule has 8 nitrogen and oxygen atoms in total. The Labute approximate surface area is 149 Å². The lowest BCUT2D eigenvalue weighted by Gasteiger charge is -2.15. The van der Waals surface area contributed by atoms with Crippen molar-refractivity contribution in [1.82, 2.24) is 10.1 Å². The summed E-state index contributed by atoms with van der Waals surface area (Å²) >= 11 is 0. The zero-order valence-corrected chi connectivity index (χ0v) is 14.6. The summed E-state index contributed by atoms with van der Waals surface area (Å²) in [6, 6.07) is 9.20. The molecule has 0 aliphatic heterocycles. The van der Waals surface area contributed by atoms with Crippen LogP contribution in [0, 0.1) is 24.0 Å². The van der Waals surface area contributed by atoms with Crippen LogP contribution in [0.5, 0.6) is 0 Å². The van der Waals surface area contributed by atoms with Gasteiger partial charge < -0.3 is 13.8 Å². The highest BCUT2D eigenvalue weighted by Crippen LogP contribution is 2.25. The molecule has 0 fully saturated rings. The minimum atomic E-state index is -0.468. The van der Waals surface area contributed by atoms with Crippen molar-refractivity contribution >= 4 is 11.6 Å². The van der Waals surface area contributed by atoms with Gasteiger partial charge in [-0.1, -0.05) is 5.16 Å². The molecule has 1 amide bonds. The summed E-state index contributed by atoms with van der Waals surface area (Å²) in [5, 5.41) is 14.6. The van der Waals surface area contributed by atoms with Gasteiger partial charge in [-0.15, -0.1) is 0 Å². The monoisotopic (exact) mass is 355 g/mol. The molecular formula is C18H17N3O5. The van der Waals surface area contributed by atoms with Crippen LogP contribution < -0.4 is 0 Å². The van der Waals surface area contributed by atoms with Crippen molar-refractivity contribution in [2.75, 3.05) is 7.05 Å². The lowest BCUT2D eigenvalue weighted by atomic mass is 10.1. The third kappa shape index (κ3) is 3.34. The van der Waals surface area contributed by atoms with Gasteiger partial charge in [-0.25, -0.2) is 0 Å². The highest BCUT2D eigenvalue weighted by Gasteiger charge is 2.20. The van der Waals surface area contributed by atoms with E-state index in [9.17, 15) is 14.9 Å². The Morgan fingerprint density at radius 2 is 1.88 bits per heavy atom. The van der Waals surface area contributed by atoms with Gasteiger partial charge in [-0.2, -0.15) is 0 Å². The normalized spacial score (nSPS) is 10.7. The number of nitro benzene ring substituents is 1. The van der Waals surface area contributed by atoms with Gasteiger partial charge >= 0.3 is 0 Å². The second-order valence-electron chi connectivity index (χ2n) is 5.93. The van der Waals surface area contributed by atoms with Crippen molar-refractivity contribution in [3.63, 3.8) is 0 Å². The third-order valence-corrected chi connectivity index (χ3v) is 4.10. The van der Waals surface area contributed by atoms with E-state index >= 15 is 0 Å². The van der Waals surface area contributed by atoms with Crippen LogP contribution in [0.15, 0.2) is 45.3 Å². The number of nitro groups is 1. The Kier molecular flexibility index (Phi) is 4.57. The number of carbonyl (C=O) groups is 1. The quantitative estimate of drug-likeness (QED) is 0.510. The SMILES string of the molecule is Cc1noc(C)c1CN(C)C(=O)c1ccc(-c2ccc([N+](=O)[O-])cc2)o1. The molecule has 0 spiro atoms. The van der Waals surface area contributed by atoms with Crippen molar-refractivity contribution in [1.29, 1.82) is 0 Å². The first kappa shape index (κ1) is 17.4. The van der Waals surface area contributed by atoms with Gasteiger partial charge in [0.15, 0.2) is 5.76 Å². The predicted molar refractivity (Wildman–Crippen MR) is 92.6 cm³/mol. The molecular weight excluding hydrogens is 338 g/mol. The molecule has 134 valence electrons. The Balaban J connectivity index is 1.76. The van der Waals surface area contributed by atoms with Crippen molar-refractivity contribution in [3.8, 4) is 11.3 Å². The van der Waals surface area contributed by atoms with E-state index in [0.717, 1.165) is 11.3 Å². The first-order valence-corrected chi connectivity index (χ1v) is 7.88. The molecule has 0 aliphatic rings. The van der Waals surface area contributed by atoms with E-state index in [0.29, 0.717) is 23.6 Å². The predicted octanol–water partition coefficient (Wildman–Crippen LogP) is 3.73. The minimum Gasteiger partial charge on any atom is -0.451 e. The lowest BCUT2D eigenvalue weighted by molar-refractivity contribution is -0.384. The minimum absolute atomic E-state index is 0.00389. The average Bonchev–Trinajstić information content (AvgIpc) is 3.23. The largest absolute Gasteiger partial charge is 0.451 e. The second-order valence-corrected chi connectivity index (χ2v) is 5.93. The Morgan fingerprint density at radius 1 is 1.19 bits per heavy atom. The smallest absolute Gasteiger partial charge is 0.289 e. The van der Waals surface area contributed by atoms with Gasteiger partial charge in [-0.3, -0.25) is 14.9 Å². The number of carbonyl (C=O) groups excluding carboxylic acids is 1. The van der Waals surface area contributed by atoms with Gasteiger partial charge in [0.25, 0.3) is 11.6 Å². The maximum absolute atomic E-state index is 12.6. The third-order valence-electron chi connectivity index (χ3n) is 4.10. The van der Waals surface area contributed by atoms with E-state index in [4.69, 9.17) is 8.94 Å². The number of hydrogen-bond acceptors (Lipinski definition) is 6. The fourth-order valence-corrected chi connectivity index (χ4v) is 2.58. The van der Waals surface area contributed by atoms with E-state index in [1.807, 2.05) is 6.92 Å². The Bertz CT molecular complexity index is 936. The second kappa shape index (κ2) is 6.83. The van der Waals surface area contributed by atoms with E-state index in [2.05, 4.69) is 5.16 Å². The molecule has 0 radical (unpaired) electrons. The molecule has 3 rings (SSSR count). The number of amides is 1. The summed E-state index contributed by atoms with van der Waals surface area (Å²) in [5.41, 5.74) is 2.26. The van der Waals surface area contributed by atoms with Gasteiger partial charge in [0.2, 0.25) is 0 Å². The zero-order chi connectivity index (χ0) is 18.8. The number of hydrogen-bond donors (Lipinski definition) is 0. The maximum Gasteiger partial charge on any atom is 0.289 e. The highest BCUT2D eigenvalue weighted by molar-refractivity contribution is 5.92. The van der Waals surface area contributed by atoms with E-state index in [1.165, 1.54) is 17.0 Å². The molecule has 2 aromatic heterocycles. The first-order chi connectivity index (χ1) is 12.4. The molecule has 0 aliphatic carbocycles. The van der Waals surface area contributed by atoms with Crippen LogP contribution >= 0.6 is 0 Å². The van der Waals surface area contributed by atoms with Gasteiger partial charge in [0.05, 0.1) is 17.2 Å². The molecule has 0 bridgehead atoms. The summed E-state index contributed by atoms with van der Waals surface area (Å²) in [6.45, 7) is 3.98. The van der Waals surface area contributed by atoms with Gasteiger partial charge in [0, 0.05) is 30.3 Å². The highest BCUT2D eigenvalue weighted by atomic mass is 16.6. The number of nitrogens with zero attached hydrogens (tertiary/aromatic N) is 3. The summed E-state index contributed by atoms with van der Waals surface area (Å²) in [6.07, 6.45) is 0. The Morgan fingerprint density at radius 3 is 2.46 bits per heavy atom. The van der Waals surface area contributed by atoms with Crippen molar-refractivity contribution in [2.45, 2.75) is 20.4 Å². The molecule has 0 saturated heterocycles. The Hall–Kier alpha value is -3.42. The zero-order valence-electron chi connectivity index (χ0n) is 14.6. The van der Waals surface area contributed by atoms with Crippen LogP contribution in [-0.4, -0.2) is 27.9 Å². The number of furan rings is 1. The molecule has 1 aromatic carbocycles. The number of aryl methyl sites for hydroxylation is 2. The van der Waals surface area contributed by atoms with Crippen LogP contribution in [-0.2, 0) is 6.54 Å². The topological polar surface area (TPSA) is 103 Å². The molecule has 0 atom stereocenters. The van der Waals surface area contributed by atoms with Gasteiger partial charge in [-0.05, 0) is 38.1 Å². The van der Waals surface area contributed by atoms with Crippen LogP contribution in [0.3, 0.4) is 0 Å². The van der Waals surface area contributed by atoms with Crippen molar-refractivity contribution in [3.05, 3.63) is 69.3 Å². The number of rotatable bonds is 5. The van der Waals surface area contributed by atoms with Crippen LogP contribution in [0.1, 0.15) is 27.6 Å². The van der Waals surface area contributed by atoms with E-state index < -0.39 is 4.92 Å². The van der Waals surface area contributed by atoms with Gasteiger partial charge in [0.1, 0.15) is 11.5 Å². The molecule has 3 aromatic rings. The van der Waals surface area contributed by atoms with Crippen molar-refractivity contribution in [2.24, 2.45) is 0 Å². The number of non-ortho nitro benzene ring substituents is 1. The standard InChI is InChI=1S/C18H17N3O5/c1-11-15(12(2)26-19-11)10-20(3)18(22)17-9-8-16(25-17)13-4-6-14(7-5-13)21(23)24/h4-9H,10H2,1-3H3. The molecule has 8 heteroatoms. The number of aromatic nitrogens is 1. The molecule has 2 heterocycles. The van der Waals surface area contributed by atoms with E-state index in [1.54, 1.807) is 38.2 Å². The number of benzene rings is 1. The fraction of sp³-hybridized carbons (Fsp3) is 0.222. The fourth-order valence-electron chi connectivity index (χ4n) is 2.58. The van der Waals surface area contributed by atoms with Crippen molar-refractivity contribution < 1.29 is 18.7 Å². The first-order valence-electron chi connectivity index (χ1n) is 7.88. The molecule has 0 saturated carbocycles.